The maximum atomic E-state index is 6.25. The van der Waals surface area contributed by atoms with E-state index >= 15 is 0 Å². The van der Waals surface area contributed by atoms with Gasteiger partial charge in [-0.25, -0.2) is 0 Å². The first-order valence-electron chi connectivity index (χ1n) is 5.62. The molecule has 2 aromatic rings. The summed E-state index contributed by atoms with van der Waals surface area (Å²) in [4.78, 5) is 5.24. The molecule has 0 aliphatic carbocycles. The first kappa shape index (κ1) is 12.6. The molecule has 2 nitrogen and oxygen atoms in total. The van der Waals surface area contributed by atoms with Gasteiger partial charge in [-0.3, -0.25) is 4.98 Å². The molecule has 2 rings (SSSR count). The SMILES string of the molecule is CCc1ccsc1C(N)Cc1ccncc1Cl. The van der Waals surface area contributed by atoms with Crippen molar-refractivity contribution < 1.29 is 0 Å². The van der Waals surface area contributed by atoms with Crippen molar-refractivity contribution in [2.75, 3.05) is 0 Å². The number of rotatable bonds is 4. The summed E-state index contributed by atoms with van der Waals surface area (Å²) in [5, 5.41) is 2.79. The lowest BCUT2D eigenvalue weighted by Gasteiger charge is -2.12. The molecule has 1 unspecified atom stereocenters. The van der Waals surface area contributed by atoms with Crippen molar-refractivity contribution in [3.05, 3.63) is 50.9 Å². The van der Waals surface area contributed by atoms with E-state index in [0.29, 0.717) is 5.02 Å². The predicted octanol–water partition coefficient (Wildman–Crippen LogP) is 3.60. The lowest BCUT2D eigenvalue weighted by Crippen LogP contribution is -2.13. The van der Waals surface area contributed by atoms with Gasteiger partial charge in [0.25, 0.3) is 0 Å². The van der Waals surface area contributed by atoms with E-state index in [1.165, 1.54) is 10.4 Å². The zero-order valence-electron chi connectivity index (χ0n) is 9.69. The minimum atomic E-state index is 0.0184. The topological polar surface area (TPSA) is 38.9 Å². The molecule has 0 fully saturated rings. The van der Waals surface area contributed by atoms with Crippen molar-refractivity contribution in [1.82, 2.24) is 4.98 Å². The molecule has 0 bridgehead atoms. The summed E-state index contributed by atoms with van der Waals surface area (Å²) in [6.07, 6.45) is 5.20. The third kappa shape index (κ3) is 2.86. The van der Waals surface area contributed by atoms with Gasteiger partial charge >= 0.3 is 0 Å². The molecule has 0 aliphatic heterocycles. The van der Waals surface area contributed by atoms with Crippen molar-refractivity contribution >= 4 is 22.9 Å². The normalized spacial score (nSPS) is 12.6. The number of thiophene rings is 1. The van der Waals surface area contributed by atoms with Crippen molar-refractivity contribution in [3.8, 4) is 0 Å². The Morgan fingerprint density at radius 3 is 2.94 bits per heavy atom. The van der Waals surface area contributed by atoms with Crippen LogP contribution in [0, 0.1) is 0 Å². The van der Waals surface area contributed by atoms with E-state index in [4.69, 9.17) is 17.3 Å². The van der Waals surface area contributed by atoms with Crippen LogP contribution >= 0.6 is 22.9 Å². The quantitative estimate of drug-likeness (QED) is 0.918. The number of halogens is 1. The minimum Gasteiger partial charge on any atom is -0.323 e. The molecule has 90 valence electrons. The molecule has 0 saturated carbocycles. The molecular weight excluding hydrogens is 252 g/mol. The van der Waals surface area contributed by atoms with Gasteiger partial charge in [0.05, 0.1) is 5.02 Å². The van der Waals surface area contributed by atoms with Crippen LogP contribution in [-0.2, 0) is 12.8 Å². The van der Waals surface area contributed by atoms with Crippen LogP contribution in [0.15, 0.2) is 29.9 Å². The summed E-state index contributed by atoms with van der Waals surface area (Å²) in [6, 6.07) is 4.10. The molecule has 0 amide bonds. The Labute approximate surface area is 110 Å². The van der Waals surface area contributed by atoms with Gasteiger partial charge in [-0.05, 0) is 41.5 Å². The fourth-order valence-corrected chi connectivity index (χ4v) is 3.06. The van der Waals surface area contributed by atoms with Crippen LogP contribution in [0.5, 0.6) is 0 Å². The van der Waals surface area contributed by atoms with Gasteiger partial charge in [0.2, 0.25) is 0 Å². The average molecular weight is 267 g/mol. The molecular formula is C13H15ClN2S. The number of pyridine rings is 1. The third-order valence-electron chi connectivity index (χ3n) is 2.79. The number of aryl methyl sites for hydroxylation is 1. The van der Waals surface area contributed by atoms with Gasteiger partial charge in [0, 0.05) is 23.3 Å². The van der Waals surface area contributed by atoms with E-state index in [2.05, 4.69) is 23.4 Å². The van der Waals surface area contributed by atoms with Crippen LogP contribution in [0.4, 0.5) is 0 Å². The first-order valence-corrected chi connectivity index (χ1v) is 6.88. The summed E-state index contributed by atoms with van der Waals surface area (Å²) >= 11 is 7.81. The molecule has 4 heteroatoms. The van der Waals surface area contributed by atoms with Crippen LogP contribution < -0.4 is 5.73 Å². The number of nitrogens with zero attached hydrogens (tertiary/aromatic N) is 1. The summed E-state index contributed by atoms with van der Waals surface area (Å²) in [5.74, 6) is 0. The maximum Gasteiger partial charge on any atom is 0.0622 e. The van der Waals surface area contributed by atoms with Crippen LogP contribution in [0.25, 0.3) is 0 Å². The molecule has 0 radical (unpaired) electrons. The lowest BCUT2D eigenvalue weighted by atomic mass is 10.0. The second-order valence-electron chi connectivity index (χ2n) is 3.94. The van der Waals surface area contributed by atoms with Gasteiger partial charge in [-0.1, -0.05) is 18.5 Å². The molecule has 0 aromatic carbocycles. The number of hydrogen-bond acceptors (Lipinski definition) is 3. The first-order chi connectivity index (χ1) is 8.22. The summed E-state index contributed by atoms with van der Waals surface area (Å²) in [5.41, 5.74) is 8.65. The Balaban J connectivity index is 2.17. The van der Waals surface area contributed by atoms with Gasteiger partial charge in [0.1, 0.15) is 0 Å². The number of nitrogens with two attached hydrogens (primary N) is 1. The second kappa shape index (κ2) is 5.63. The van der Waals surface area contributed by atoms with Gasteiger partial charge < -0.3 is 5.73 Å². The Morgan fingerprint density at radius 1 is 1.41 bits per heavy atom. The highest BCUT2D eigenvalue weighted by Crippen LogP contribution is 2.27. The molecule has 2 heterocycles. The fourth-order valence-electron chi connectivity index (χ4n) is 1.86. The van der Waals surface area contributed by atoms with Crippen LogP contribution in [0.2, 0.25) is 5.02 Å². The number of hydrogen-bond donors (Lipinski definition) is 1. The Kier molecular flexibility index (Phi) is 4.15. The zero-order chi connectivity index (χ0) is 12.3. The third-order valence-corrected chi connectivity index (χ3v) is 4.23. The van der Waals surface area contributed by atoms with Gasteiger partial charge in [-0.2, -0.15) is 0 Å². The van der Waals surface area contributed by atoms with E-state index in [-0.39, 0.29) is 6.04 Å². The summed E-state index contributed by atoms with van der Waals surface area (Å²) in [7, 11) is 0. The van der Waals surface area contributed by atoms with E-state index < -0.39 is 0 Å². The Bertz CT molecular complexity index is 496. The van der Waals surface area contributed by atoms with Crippen molar-refractivity contribution in [2.24, 2.45) is 5.73 Å². The number of aromatic nitrogens is 1. The maximum absolute atomic E-state index is 6.25. The average Bonchev–Trinajstić information content (AvgIpc) is 2.80. The standard InChI is InChI=1S/C13H15ClN2S/c1-2-9-4-6-17-13(9)12(15)7-10-3-5-16-8-11(10)14/h3-6,8,12H,2,7,15H2,1H3. The molecule has 0 aliphatic rings. The monoisotopic (exact) mass is 266 g/mol. The zero-order valence-corrected chi connectivity index (χ0v) is 11.3. The van der Waals surface area contributed by atoms with E-state index in [0.717, 1.165) is 18.4 Å². The predicted molar refractivity (Wildman–Crippen MR) is 73.6 cm³/mol. The summed E-state index contributed by atoms with van der Waals surface area (Å²) in [6.45, 7) is 2.15. The molecule has 2 aromatic heterocycles. The molecule has 0 spiro atoms. The van der Waals surface area contributed by atoms with Crippen LogP contribution in [0.3, 0.4) is 0 Å². The summed E-state index contributed by atoms with van der Waals surface area (Å²) < 4.78 is 0. The van der Waals surface area contributed by atoms with E-state index in [1.54, 1.807) is 23.7 Å². The smallest absolute Gasteiger partial charge is 0.0622 e. The molecule has 0 saturated heterocycles. The van der Waals surface area contributed by atoms with E-state index in [9.17, 15) is 0 Å². The van der Waals surface area contributed by atoms with Gasteiger partial charge in [0.15, 0.2) is 0 Å². The fraction of sp³-hybridized carbons (Fsp3) is 0.308. The second-order valence-corrected chi connectivity index (χ2v) is 5.30. The largest absolute Gasteiger partial charge is 0.323 e. The van der Waals surface area contributed by atoms with E-state index in [1.807, 2.05) is 6.07 Å². The van der Waals surface area contributed by atoms with Crippen molar-refractivity contribution in [2.45, 2.75) is 25.8 Å². The Morgan fingerprint density at radius 2 is 2.24 bits per heavy atom. The van der Waals surface area contributed by atoms with Crippen molar-refractivity contribution in [1.29, 1.82) is 0 Å². The molecule has 2 N–H and O–H groups in total. The highest BCUT2D eigenvalue weighted by molar-refractivity contribution is 7.10. The van der Waals surface area contributed by atoms with Crippen molar-refractivity contribution in [3.63, 3.8) is 0 Å². The molecule has 1 atom stereocenters. The molecule has 17 heavy (non-hydrogen) atoms. The van der Waals surface area contributed by atoms with Crippen LogP contribution in [0.1, 0.15) is 29.0 Å². The highest BCUT2D eigenvalue weighted by atomic mass is 35.5. The minimum absolute atomic E-state index is 0.0184. The van der Waals surface area contributed by atoms with Crippen LogP contribution in [-0.4, -0.2) is 4.98 Å². The lowest BCUT2D eigenvalue weighted by molar-refractivity contribution is 0.727. The highest BCUT2D eigenvalue weighted by Gasteiger charge is 2.13. The van der Waals surface area contributed by atoms with Gasteiger partial charge in [-0.15, -0.1) is 11.3 Å². The Hall–Kier alpha value is -0.900.